The smallest absolute Gasteiger partial charge is 0.103 e. The fourth-order valence-electron chi connectivity index (χ4n) is 0.300. The Morgan fingerprint density at radius 1 is 1.62 bits per heavy atom. The third kappa shape index (κ3) is 6.66. The summed E-state index contributed by atoms with van der Waals surface area (Å²) in [5, 5.41) is 0. The van der Waals surface area contributed by atoms with Crippen LogP contribution in [0.25, 0.3) is 0 Å². The molecule has 0 spiro atoms. The minimum Gasteiger partial charge on any atom is -0.103 e. The van der Waals surface area contributed by atoms with Gasteiger partial charge in [0.05, 0.1) is 0 Å². The summed E-state index contributed by atoms with van der Waals surface area (Å²) in [6, 6.07) is 0. The molecule has 0 aromatic rings. The monoisotopic (exact) mass is 165 g/mol. The number of thiocarbonyl (C=S) groups is 1. The van der Waals surface area contributed by atoms with Gasteiger partial charge in [0, 0.05) is 0 Å². The lowest BCUT2D eigenvalue weighted by molar-refractivity contribution is 0.898. The average Bonchev–Trinajstić information content (AvgIpc) is 1.66. The minimum absolute atomic E-state index is 0.651. The molecule has 0 aliphatic carbocycles. The van der Waals surface area contributed by atoms with Crippen LogP contribution in [0.3, 0.4) is 0 Å². The van der Waals surface area contributed by atoms with Crippen LogP contribution in [0.2, 0.25) is 0 Å². The van der Waals surface area contributed by atoms with Crippen molar-refractivity contribution in [1.82, 2.24) is 0 Å². The molecule has 0 aromatic carbocycles. The number of hydrogen-bond donors (Lipinski definition) is 0. The maximum Gasteiger partial charge on any atom is 0.134 e. The molecule has 1 radical (unpaired) electrons. The predicted octanol–water partition coefficient (Wildman–Crippen LogP) is 3.00. The molecule has 0 aromatic heterocycles. The fourth-order valence-corrected chi connectivity index (χ4v) is 1.40. The number of thioether (sulfide) groups is 1. The average molecular weight is 165 g/mol. The summed E-state index contributed by atoms with van der Waals surface area (Å²) in [4.78, 5) is 0. The SMILES string of the molecule is CCCCSC([S])=S. The molecule has 0 saturated carbocycles. The zero-order valence-electron chi connectivity index (χ0n) is 4.85. The fraction of sp³-hybridized carbons (Fsp3) is 0.800. The highest BCUT2D eigenvalue weighted by Gasteiger charge is 1.88. The van der Waals surface area contributed by atoms with Crippen LogP contribution in [0, 0.1) is 0 Å². The lowest BCUT2D eigenvalue weighted by atomic mass is 10.4. The summed E-state index contributed by atoms with van der Waals surface area (Å²) in [6.07, 6.45) is 2.45. The Bertz CT molecular complexity index is 70.1. The highest BCUT2D eigenvalue weighted by molar-refractivity contribution is 8.41. The van der Waals surface area contributed by atoms with E-state index in [1.165, 1.54) is 12.8 Å². The maximum absolute atomic E-state index is 4.69. The Hall–Kier alpha value is 0.660. The summed E-state index contributed by atoms with van der Waals surface area (Å²) in [7, 11) is 0. The Morgan fingerprint density at radius 3 is 2.62 bits per heavy atom. The maximum atomic E-state index is 4.69. The molecular weight excluding hydrogens is 156 g/mol. The second-order valence-electron chi connectivity index (χ2n) is 1.45. The van der Waals surface area contributed by atoms with Crippen LogP contribution >= 0.6 is 36.6 Å². The Morgan fingerprint density at radius 2 is 2.25 bits per heavy atom. The van der Waals surface area contributed by atoms with E-state index in [0.717, 1.165) is 5.75 Å². The van der Waals surface area contributed by atoms with E-state index < -0.39 is 0 Å². The number of unbranched alkanes of at least 4 members (excludes halogenated alkanes) is 1. The molecule has 0 aliphatic rings. The molecule has 0 nitrogen and oxygen atoms in total. The molecule has 47 valence electrons. The van der Waals surface area contributed by atoms with E-state index in [-0.39, 0.29) is 0 Å². The molecule has 0 unspecified atom stereocenters. The summed E-state index contributed by atoms with van der Waals surface area (Å²) in [6.45, 7) is 2.16. The van der Waals surface area contributed by atoms with E-state index in [9.17, 15) is 0 Å². The van der Waals surface area contributed by atoms with Gasteiger partial charge in [0.2, 0.25) is 0 Å². The van der Waals surface area contributed by atoms with Gasteiger partial charge in [-0.15, -0.1) is 11.8 Å². The van der Waals surface area contributed by atoms with Gasteiger partial charge in [0.15, 0.2) is 0 Å². The van der Waals surface area contributed by atoms with Gasteiger partial charge in [-0.25, -0.2) is 0 Å². The molecular formula is C5H9S3. The van der Waals surface area contributed by atoms with Crippen LogP contribution in [0.1, 0.15) is 19.8 Å². The zero-order valence-corrected chi connectivity index (χ0v) is 7.30. The van der Waals surface area contributed by atoms with E-state index in [0.29, 0.717) is 3.53 Å². The predicted molar refractivity (Wildman–Crippen MR) is 47.6 cm³/mol. The van der Waals surface area contributed by atoms with Gasteiger partial charge in [0.1, 0.15) is 3.53 Å². The lowest BCUT2D eigenvalue weighted by Gasteiger charge is -1.91. The second kappa shape index (κ2) is 5.79. The van der Waals surface area contributed by atoms with Crippen molar-refractivity contribution in [3.63, 3.8) is 0 Å². The Balaban J connectivity index is 2.82. The normalized spacial score (nSPS) is 9.12. The van der Waals surface area contributed by atoms with E-state index in [2.05, 4.69) is 31.8 Å². The van der Waals surface area contributed by atoms with Crippen LogP contribution in [-0.4, -0.2) is 9.28 Å². The highest BCUT2D eigenvalue weighted by atomic mass is 32.2. The van der Waals surface area contributed by atoms with Gasteiger partial charge in [-0.05, 0) is 12.2 Å². The molecule has 0 saturated heterocycles. The third-order valence-electron chi connectivity index (χ3n) is 0.718. The number of hydrogen-bond acceptors (Lipinski definition) is 2. The van der Waals surface area contributed by atoms with E-state index in [1.807, 2.05) is 0 Å². The van der Waals surface area contributed by atoms with Crippen LogP contribution in [0.5, 0.6) is 0 Å². The Labute approximate surface area is 65.8 Å². The van der Waals surface area contributed by atoms with Crippen molar-refractivity contribution in [1.29, 1.82) is 0 Å². The summed E-state index contributed by atoms with van der Waals surface area (Å²) in [5.41, 5.74) is 0. The van der Waals surface area contributed by atoms with Gasteiger partial charge in [0.25, 0.3) is 0 Å². The summed E-state index contributed by atoms with van der Waals surface area (Å²) in [5.74, 6) is 1.10. The largest absolute Gasteiger partial charge is 0.134 e. The minimum atomic E-state index is 0.651. The second-order valence-corrected chi connectivity index (χ2v) is 4.15. The first-order valence-corrected chi connectivity index (χ1v) is 4.41. The van der Waals surface area contributed by atoms with Crippen LogP contribution in [0.15, 0.2) is 0 Å². The third-order valence-corrected chi connectivity index (χ3v) is 2.15. The molecule has 8 heavy (non-hydrogen) atoms. The van der Waals surface area contributed by atoms with Crippen molar-refractivity contribution in [2.75, 3.05) is 5.75 Å². The van der Waals surface area contributed by atoms with Gasteiger partial charge in [-0.3, -0.25) is 0 Å². The van der Waals surface area contributed by atoms with Gasteiger partial charge < -0.3 is 0 Å². The molecule has 0 N–H and O–H groups in total. The van der Waals surface area contributed by atoms with Crippen molar-refractivity contribution in [3.05, 3.63) is 0 Å². The van der Waals surface area contributed by atoms with E-state index in [4.69, 9.17) is 0 Å². The first-order valence-electron chi connectivity index (χ1n) is 2.61. The van der Waals surface area contributed by atoms with Crippen LogP contribution in [0.4, 0.5) is 0 Å². The van der Waals surface area contributed by atoms with E-state index >= 15 is 0 Å². The van der Waals surface area contributed by atoms with Crippen molar-refractivity contribution in [3.8, 4) is 0 Å². The van der Waals surface area contributed by atoms with Crippen molar-refractivity contribution in [2.24, 2.45) is 0 Å². The molecule has 0 atom stereocenters. The number of rotatable bonds is 3. The van der Waals surface area contributed by atoms with E-state index in [1.54, 1.807) is 11.8 Å². The lowest BCUT2D eigenvalue weighted by Crippen LogP contribution is -1.78. The van der Waals surface area contributed by atoms with Crippen LogP contribution in [-0.2, 0) is 0 Å². The highest BCUT2D eigenvalue weighted by Crippen LogP contribution is 2.09. The summed E-state index contributed by atoms with van der Waals surface area (Å²) >= 11 is 11.0. The van der Waals surface area contributed by atoms with Crippen molar-refractivity contribution >= 4 is 40.1 Å². The molecule has 0 bridgehead atoms. The molecule has 0 heterocycles. The van der Waals surface area contributed by atoms with Gasteiger partial charge in [-0.2, -0.15) is 0 Å². The standard InChI is InChI=1S/C5H9S3/c1-2-3-4-8-5(6)7/h2-4H2,1H3. The van der Waals surface area contributed by atoms with Gasteiger partial charge >= 0.3 is 0 Å². The molecule has 0 aliphatic heterocycles. The first kappa shape index (κ1) is 8.66. The van der Waals surface area contributed by atoms with Crippen molar-refractivity contribution < 1.29 is 0 Å². The molecule has 0 rings (SSSR count). The first-order chi connectivity index (χ1) is 3.77. The van der Waals surface area contributed by atoms with Crippen LogP contribution < -0.4 is 0 Å². The zero-order chi connectivity index (χ0) is 6.41. The molecule has 3 heteroatoms. The molecule has 0 amide bonds. The van der Waals surface area contributed by atoms with Crippen molar-refractivity contribution in [2.45, 2.75) is 19.8 Å². The van der Waals surface area contributed by atoms with Gasteiger partial charge in [-0.1, -0.05) is 38.2 Å². The summed E-state index contributed by atoms with van der Waals surface area (Å²) < 4.78 is 0.651. The molecule has 0 fully saturated rings. The Kier molecular flexibility index (Phi) is 6.27. The quantitative estimate of drug-likeness (QED) is 0.466. The topological polar surface area (TPSA) is 0 Å².